The summed E-state index contributed by atoms with van der Waals surface area (Å²) in [6.07, 6.45) is 3.40. The Labute approximate surface area is 102 Å². The maximum atomic E-state index is 12.3. The summed E-state index contributed by atoms with van der Waals surface area (Å²) in [5, 5.41) is 0. The van der Waals surface area contributed by atoms with E-state index in [-0.39, 0.29) is 11.8 Å². The topological polar surface area (TPSA) is 46.3 Å². The third kappa shape index (κ3) is 2.51. The number of hydrogen-bond acceptors (Lipinski definition) is 3. The van der Waals surface area contributed by atoms with E-state index in [1.807, 2.05) is 18.7 Å². The summed E-state index contributed by atoms with van der Waals surface area (Å²) in [4.78, 5) is 18.5. The van der Waals surface area contributed by atoms with E-state index in [2.05, 4.69) is 4.98 Å². The first-order valence-corrected chi connectivity index (χ1v) is 6.36. The monoisotopic (exact) mass is 236 g/mol. The number of carbonyl (C=O) groups is 1. The standard InChI is InChI=1S/C13H20N2O2/c1-9(2)11-12(17-10(3)14-11)13(16)15-7-5-4-6-8-15/h9H,4-8H2,1-3H3. The average molecular weight is 236 g/mol. The quantitative estimate of drug-likeness (QED) is 0.793. The molecule has 2 rings (SSSR count). The van der Waals surface area contributed by atoms with Gasteiger partial charge in [-0.25, -0.2) is 4.98 Å². The molecule has 0 bridgehead atoms. The van der Waals surface area contributed by atoms with Crippen molar-refractivity contribution in [1.29, 1.82) is 0 Å². The highest BCUT2D eigenvalue weighted by Gasteiger charge is 2.26. The second-order valence-electron chi connectivity index (χ2n) is 4.95. The molecule has 0 aromatic carbocycles. The number of oxazole rings is 1. The molecule has 0 unspecified atom stereocenters. The lowest BCUT2D eigenvalue weighted by molar-refractivity contribution is 0.0688. The number of aromatic nitrogens is 1. The predicted molar refractivity (Wildman–Crippen MR) is 65.1 cm³/mol. The molecule has 1 aliphatic rings. The zero-order chi connectivity index (χ0) is 12.4. The molecule has 1 aromatic heterocycles. The molecule has 0 atom stereocenters. The summed E-state index contributed by atoms with van der Waals surface area (Å²) in [7, 11) is 0. The van der Waals surface area contributed by atoms with Crippen LogP contribution in [0.25, 0.3) is 0 Å². The molecule has 4 nitrogen and oxygen atoms in total. The molecule has 1 saturated heterocycles. The van der Waals surface area contributed by atoms with Gasteiger partial charge < -0.3 is 9.32 Å². The number of aryl methyl sites for hydroxylation is 1. The predicted octanol–water partition coefficient (Wildman–Crippen LogP) is 2.73. The molecule has 1 aromatic rings. The van der Waals surface area contributed by atoms with Gasteiger partial charge in [-0.2, -0.15) is 0 Å². The lowest BCUT2D eigenvalue weighted by Gasteiger charge is -2.26. The number of amides is 1. The van der Waals surface area contributed by atoms with E-state index in [0.29, 0.717) is 11.7 Å². The van der Waals surface area contributed by atoms with Gasteiger partial charge in [-0.05, 0) is 25.2 Å². The number of nitrogens with zero attached hydrogens (tertiary/aromatic N) is 2. The number of piperidine rings is 1. The summed E-state index contributed by atoms with van der Waals surface area (Å²) in [5.74, 6) is 1.25. The van der Waals surface area contributed by atoms with Crippen molar-refractivity contribution in [3.8, 4) is 0 Å². The van der Waals surface area contributed by atoms with Gasteiger partial charge in [-0.15, -0.1) is 0 Å². The molecule has 2 heterocycles. The van der Waals surface area contributed by atoms with E-state index >= 15 is 0 Å². The van der Waals surface area contributed by atoms with Gasteiger partial charge in [0, 0.05) is 20.0 Å². The maximum absolute atomic E-state index is 12.3. The first kappa shape index (κ1) is 12.1. The van der Waals surface area contributed by atoms with Crippen molar-refractivity contribution in [1.82, 2.24) is 9.88 Å². The third-order valence-corrected chi connectivity index (χ3v) is 3.14. The molecule has 4 heteroatoms. The smallest absolute Gasteiger partial charge is 0.291 e. The van der Waals surface area contributed by atoms with Crippen LogP contribution in [0.15, 0.2) is 4.42 Å². The second kappa shape index (κ2) is 4.90. The Morgan fingerprint density at radius 2 is 1.94 bits per heavy atom. The molecule has 0 aliphatic carbocycles. The van der Waals surface area contributed by atoms with E-state index in [1.54, 1.807) is 6.92 Å². The van der Waals surface area contributed by atoms with Gasteiger partial charge in [0.25, 0.3) is 5.91 Å². The number of likely N-dealkylation sites (tertiary alicyclic amines) is 1. The van der Waals surface area contributed by atoms with Crippen molar-refractivity contribution < 1.29 is 9.21 Å². The summed E-state index contributed by atoms with van der Waals surface area (Å²) < 4.78 is 5.49. The van der Waals surface area contributed by atoms with Crippen LogP contribution in [-0.4, -0.2) is 28.9 Å². The minimum atomic E-state index is 0.00833. The van der Waals surface area contributed by atoms with E-state index in [4.69, 9.17) is 4.42 Å². The summed E-state index contributed by atoms with van der Waals surface area (Å²) in [5.41, 5.74) is 0.790. The highest BCUT2D eigenvalue weighted by atomic mass is 16.4. The molecule has 17 heavy (non-hydrogen) atoms. The first-order valence-electron chi connectivity index (χ1n) is 6.36. The SMILES string of the molecule is Cc1nc(C(C)C)c(C(=O)N2CCCCC2)o1. The van der Waals surface area contributed by atoms with Crippen molar-refractivity contribution in [2.75, 3.05) is 13.1 Å². The molecule has 0 radical (unpaired) electrons. The molecule has 0 saturated carbocycles. The minimum absolute atomic E-state index is 0.00833. The van der Waals surface area contributed by atoms with E-state index < -0.39 is 0 Å². The zero-order valence-electron chi connectivity index (χ0n) is 10.8. The van der Waals surface area contributed by atoms with Crippen LogP contribution in [-0.2, 0) is 0 Å². The first-order chi connectivity index (χ1) is 8.09. The van der Waals surface area contributed by atoms with Crippen LogP contribution in [0.3, 0.4) is 0 Å². The Morgan fingerprint density at radius 3 is 2.53 bits per heavy atom. The fraction of sp³-hybridized carbons (Fsp3) is 0.692. The summed E-state index contributed by atoms with van der Waals surface area (Å²) in [6.45, 7) is 7.54. The normalized spacial score (nSPS) is 16.6. The van der Waals surface area contributed by atoms with Crippen LogP contribution in [0.2, 0.25) is 0 Å². The fourth-order valence-electron chi connectivity index (χ4n) is 2.23. The van der Waals surface area contributed by atoms with E-state index in [0.717, 1.165) is 31.6 Å². The number of rotatable bonds is 2. The van der Waals surface area contributed by atoms with Gasteiger partial charge in [0.1, 0.15) is 0 Å². The van der Waals surface area contributed by atoms with Crippen molar-refractivity contribution in [2.45, 2.75) is 46.0 Å². The van der Waals surface area contributed by atoms with Crippen LogP contribution < -0.4 is 0 Å². The Kier molecular flexibility index (Phi) is 3.50. The highest BCUT2D eigenvalue weighted by molar-refractivity contribution is 5.92. The molecule has 0 N–H and O–H groups in total. The van der Waals surface area contributed by atoms with Crippen LogP contribution in [0, 0.1) is 6.92 Å². The Hall–Kier alpha value is -1.32. The van der Waals surface area contributed by atoms with Gasteiger partial charge in [0.2, 0.25) is 5.76 Å². The van der Waals surface area contributed by atoms with Gasteiger partial charge in [0.15, 0.2) is 5.89 Å². The van der Waals surface area contributed by atoms with Crippen molar-refractivity contribution in [3.63, 3.8) is 0 Å². The lowest BCUT2D eigenvalue weighted by atomic mass is 10.1. The Morgan fingerprint density at radius 1 is 1.29 bits per heavy atom. The average Bonchev–Trinajstić information content (AvgIpc) is 2.72. The fourth-order valence-corrected chi connectivity index (χ4v) is 2.23. The number of carbonyl (C=O) groups excluding carboxylic acids is 1. The van der Waals surface area contributed by atoms with E-state index in [1.165, 1.54) is 6.42 Å². The van der Waals surface area contributed by atoms with Gasteiger partial charge in [-0.1, -0.05) is 13.8 Å². The molecule has 1 amide bonds. The van der Waals surface area contributed by atoms with Crippen LogP contribution >= 0.6 is 0 Å². The lowest BCUT2D eigenvalue weighted by Crippen LogP contribution is -2.35. The van der Waals surface area contributed by atoms with Crippen LogP contribution in [0.4, 0.5) is 0 Å². The zero-order valence-corrected chi connectivity index (χ0v) is 10.8. The maximum Gasteiger partial charge on any atom is 0.291 e. The van der Waals surface area contributed by atoms with Crippen LogP contribution in [0.1, 0.15) is 61.2 Å². The molecular formula is C13H20N2O2. The highest BCUT2D eigenvalue weighted by Crippen LogP contribution is 2.22. The van der Waals surface area contributed by atoms with E-state index in [9.17, 15) is 4.79 Å². The summed E-state index contributed by atoms with van der Waals surface area (Å²) >= 11 is 0. The van der Waals surface area contributed by atoms with Crippen molar-refractivity contribution in [3.05, 3.63) is 17.3 Å². The Bertz CT molecular complexity index is 404. The van der Waals surface area contributed by atoms with Crippen molar-refractivity contribution in [2.24, 2.45) is 0 Å². The minimum Gasteiger partial charge on any atom is -0.436 e. The largest absolute Gasteiger partial charge is 0.436 e. The molecular weight excluding hydrogens is 216 g/mol. The number of hydrogen-bond donors (Lipinski definition) is 0. The summed E-state index contributed by atoms with van der Waals surface area (Å²) in [6, 6.07) is 0. The Balaban J connectivity index is 2.23. The van der Waals surface area contributed by atoms with Crippen molar-refractivity contribution >= 4 is 5.91 Å². The molecule has 1 aliphatic heterocycles. The molecule has 94 valence electrons. The molecule has 1 fully saturated rings. The van der Waals surface area contributed by atoms with Gasteiger partial charge >= 0.3 is 0 Å². The molecule has 0 spiro atoms. The second-order valence-corrected chi connectivity index (χ2v) is 4.95. The van der Waals surface area contributed by atoms with Crippen LogP contribution in [0.5, 0.6) is 0 Å². The van der Waals surface area contributed by atoms with Gasteiger partial charge in [0.05, 0.1) is 5.69 Å². The third-order valence-electron chi connectivity index (χ3n) is 3.14. The van der Waals surface area contributed by atoms with Gasteiger partial charge in [-0.3, -0.25) is 4.79 Å².